The van der Waals surface area contributed by atoms with Gasteiger partial charge in [0, 0.05) is 6.92 Å². The molecule has 11 nitrogen and oxygen atoms in total. The third-order valence-corrected chi connectivity index (χ3v) is 5.54. The van der Waals surface area contributed by atoms with E-state index in [4.69, 9.17) is 23.7 Å². The summed E-state index contributed by atoms with van der Waals surface area (Å²) in [6.45, 7) is 20.6. The lowest BCUT2D eigenvalue weighted by Crippen LogP contribution is -2.67. The van der Waals surface area contributed by atoms with Gasteiger partial charge in [-0.15, -0.1) is 0 Å². The van der Waals surface area contributed by atoms with Gasteiger partial charge in [0.25, 0.3) is 0 Å². The number of rotatable bonds is 6. The Hall–Kier alpha value is -2.69. The molecule has 1 N–H and O–H groups in total. The van der Waals surface area contributed by atoms with Crippen molar-refractivity contribution in [2.75, 3.05) is 6.61 Å². The van der Waals surface area contributed by atoms with E-state index in [1.54, 1.807) is 83.1 Å². The molecule has 11 heteroatoms. The Kier molecular flexibility index (Phi) is 10.8. The van der Waals surface area contributed by atoms with Gasteiger partial charge in [-0.1, -0.05) is 0 Å². The van der Waals surface area contributed by atoms with E-state index in [0.29, 0.717) is 0 Å². The van der Waals surface area contributed by atoms with Crippen molar-refractivity contribution in [3.63, 3.8) is 0 Å². The van der Waals surface area contributed by atoms with Crippen LogP contribution in [0.25, 0.3) is 0 Å². The summed E-state index contributed by atoms with van der Waals surface area (Å²) in [7, 11) is 0. The maximum atomic E-state index is 13.1. The highest BCUT2D eigenvalue weighted by atomic mass is 16.7. The van der Waals surface area contributed by atoms with Gasteiger partial charge in [0.1, 0.15) is 12.7 Å². The molecule has 1 heterocycles. The first kappa shape index (κ1) is 34.3. The van der Waals surface area contributed by atoms with Gasteiger partial charge in [0.2, 0.25) is 5.91 Å². The largest absolute Gasteiger partial charge is 0.462 e. The fraction of sp³-hybridized carbons (Fsp3) is 0.821. The van der Waals surface area contributed by atoms with Crippen LogP contribution in [0.1, 0.15) is 90.0 Å². The zero-order valence-corrected chi connectivity index (χ0v) is 25.7. The molecule has 39 heavy (non-hydrogen) atoms. The van der Waals surface area contributed by atoms with Crippen LogP contribution in [0.4, 0.5) is 0 Å². The third-order valence-electron chi connectivity index (χ3n) is 5.54. The molecule has 1 fully saturated rings. The predicted octanol–water partition coefficient (Wildman–Crippen LogP) is 3.31. The number of carbonyl (C=O) groups is 5. The Bertz CT molecular complexity index is 930. The highest BCUT2D eigenvalue weighted by Crippen LogP contribution is 2.33. The maximum absolute atomic E-state index is 13.1. The second-order valence-electron chi connectivity index (χ2n) is 14.0. The van der Waals surface area contributed by atoms with E-state index < -0.39 is 88.7 Å². The van der Waals surface area contributed by atoms with Gasteiger partial charge in [-0.25, -0.2) is 0 Å². The molecule has 1 saturated heterocycles. The van der Waals surface area contributed by atoms with Crippen molar-refractivity contribution in [1.82, 2.24) is 5.32 Å². The minimum atomic E-state index is -1.40. The second-order valence-corrected chi connectivity index (χ2v) is 14.0. The molecule has 224 valence electrons. The molecule has 1 aliphatic rings. The van der Waals surface area contributed by atoms with Crippen LogP contribution in [-0.4, -0.2) is 67.0 Å². The first-order valence-corrected chi connectivity index (χ1v) is 13.1. The fourth-order valence-electron chi connectivity index (χ4n) is 3.05. The first-order valence-electron chi connectivity index (χ1n) is 13.1. The summed E-state index contributed by atoms with van der Waals surface area (Å²) in [4.78, 5) is 63.8. The molecule has 0 aliphatic carbocycles. The summed E-state index contributed by atoms with van der Waals surface area (Å²) in [6.07, 6.45) is -6.63. The predicted molar refractivity (Wildman–Crippen MR) is 141 cm³/mol. The molecule has 1 aliphatic heterocycles. The van der Waals surface area contributed by atoms with E-state index in [0.717, 1.165) is 0 Å². The SMILES string of the molecule is CC(=O)N[C@@H]1O[C@H](COC(=O)C(C)(C)C)[C@H](OC(=O)C(C)(C)C)[C@H](OC(=O)C(C)(C)C)[C@H]1OC(=O)C(C)(C)C. The normalized spacial score (nSPS) is 24.3. The summed E-state index contributed by atoms with van der Waals surface area (Å²) in [6, 6.07) is 0. The number of carbonyl (C=O) groups excluding carboxylic acids is 5. The lowest BCUT2D eigenvalue weighted by atomic mass is 9.92. The minimum Gasteiger partial charge on any atom is -0.462 e. The Morgan fingerprint density at radius 3 is 1.31 bits per heavy atom. The maximum Gasteiger partial charge on any atom is 0.311 e. The summed E-state index contributed by atoms with van der Waals surface area (Å²) >= 11 is 0. The van der Waals surface area contributed by atoms with Gasteiger partial charge in [-0.05, 0) is 83.1 Å². The van der Waals surface area contributed by atoms with Crippen molar-refractivity contribution in [1.29, 1.82) is 0 Å². The van der Waals surface area contributed by atoms with Gasteiger partial charge in [0.15, 0.2) is 24.5 Å². The molecule has 0 spiro atoms. The first-order chi connectivity index (χ1) is 17.4. The van der Waals surface area contributed by atoms with E-state index >= 15 is 0 Å². The van der Waals surface area contributed by atoms with Gasteiger partial charge in [0.05, 0.1) is 21.7 Å². The molecule has 0 saturated carbocycles. The van der Waals surface area contributed by atoms with Crippen LogP contribution in [0.15, 0.2) is 0 Å². The standard InChI is InChI=1S/C28H47NO10/c1-15(30)29-20-19(39-24(34)28(11,12)13)18(38-23(33)27(8,9)10)17(37-22(32)26(5,6)7)16(36-20)14-35-21(31)25(2,3)4/h16-20H,14H2,1-13H3,(H,29,30)/t16-,17+,18+,19-,20-/m1/s1. The summed E-state index contributed by atoms with van der Waals surface area (Å²) in [5, 5.41) is 2.57. The van der Waals surface area contributed by atoms with Crippen molar-refractivity contribution in [2.45, 2.75) is 121 Å². The fourth-order valence-corrected chi connectivity index (χ4v) is 3.05. The number of nitrogens with one attached hydrogen (secondary N) is 1. The molecule has 0 aromatic rings. The van der Waals surface area contributed by atoms with Crippen molar-refractivity contribution in [3.05, 3.63) is 0 Å². The van der Waals surface area contributed by atoms with E-state index in [-0.39, 0.29) is 0 Å². The van der Waals surface area contributed by atoms with Crippen molar-refractivity contribution in [3.8, 4) is 0 Å². The number of esters is 4. The second kappa shape index (κ2) is 12.2. The number of hydrogen-bond donors (Lipinski definition) is 1. The van der Waals surface area contributed by atoms with Crippen molar-refractivity contribution in [2.24, 2.45) is 21.7 Å². The van der Waals surface area contributed by atoms with Crippen LogP contribution in [0.3, 0.4) is 0 Å². The summed E-state index contributed by atoms with van der Waals surface area (Å²) < 4.78 is 29.0. The quantitative estimate of drug-likeness (QED) is 0.381. The molecular weight excluding hydrogens is 510 g/mol. The van der Waals surface area contributed by atoms with Gasteiger partial charge in [-0.3, -0.25) is 24.0 Å². The molecule has 1 amide bonds. The van der Waals surface area contributed by atoms with E-state index in [1.165, 1.54) is 6.92 Å². The monoisotopic (exact) mass is 557 g/mol. The molecule has 0 aromatic heterocycles. The average molecular weight is 558 g/mol. The van der Waals surface area contributed by atoms with Crippen molar-refractivity contribution >= 4 is 29.8 Å². The molecular formula is C28H47NO10. The Morgan fingerprint density at radius 1 is 0.590 bits per heavy atom. The van der Waals surface area contributed by atoms with Crippen LogP contribution in [0.5, 0.6) is 0 Å². The van der Waals surface area contributed by atoms with Crippen LogP contribution in [0, 0.1) is 21.7 Å². The van der Waals surface area contributed by atoms with Gasteiger partial charge >= 0.3 is 23.9 Å². The van der Waals surface area contributed by atoms with Crippen LogP contribution < -0.4 is 5.32 Å². The topological polar surface area (TPSA) is 144 Å². The molecule has 0 radical (unpaired) electrons. The Morgan fingerprint density at radius 2 is 0.949 bits per heavy atom. The van der Waals surface area contributed by atoms with E-state index in [9.17, 15) is 24.0 Å². The zero-order chi connectivity index (χ0) is 30.7. The van der Waals surface area contributed by atoms with Crippen molar-refractivity contribution < 1.29 is 47.7 Å². The van der Waals surface area contributed by atoms with Gasteiger partial charge < -0.3 is 29.0 Å². The van der Waals surface area contributed by atoms with Crippen LogP contribution in [0.2, 0.25) is 0 Å². The molecule has 0 unspecified atom stereocenters. The van der Waals surface area contributed by atoms with E-state index in [1.807, 2.05) is 0 Å². The molecule has 1 rings (SSSR count). The smallest absolute Gasteiger partial charge is 0.311 e. The average Bonchev–Trinajstić information content (AvgIpc) is 2.72. The van der Waals surface area contributed by atoms with E-state index in [2.05, 4.69) is 5.32 Å². The van der Waals surface area contributed by atoms with Gasteiger partial charge in [-0.2, -0.15) is 0 Å². The number of amides is 1. The zero-order valence-electron chi connectivity index (χ0n) is 25.7. The summed E-state index contributed by atoms with van der Waals surface area (Å²) in [5.41, 5.74) is -3.74. The lowest BCUT2D eigenvalue weighted by molar-refractivity contribution is -0.264. The number of hydrogen-bond acceptors (Lipinski definition) is 10. The molecule has 0 aromatic carbocycles. The minimum absolute atomic E-state index is 0.391. The Balaban J connectivity index is 3.70. The molecule has 0 bridgehead atoms. The third kappa shape index (κ3) is 10.1. The molecule has 5 atom stereocenters. The number of ether oxygens (including phenoxy) is 5. The highest BCUT2D eigenvalue weighted by Gasteiger charge is 2.54. The summed E-state index contributed by atoms with van der Waals surface area (Å²) in [5.74, 6) is -3.06. The van der Waals surface area contributed by atoms with Crippen LogP contribution >= 0.6 is 0 Å². The Labute approximate surface area is 232 Å². The lowest BCUT2D eigenvalue weighted by Gasteiger charge is -2.46. The highest BCUT2D eigenvalue weighted by molar-refractivity contribution is 5.78. The van der Waals surface area contributed by atoms with Crippen LogP contribution in [-0.2, 0) is 47.7 Å².